The van der Waals surface area contributed by atoms with Gasteiger partial charge in [-0.3, -0.25) is 9.59 Å². The van der Waals surface area contributed by atoms with Crippen LogP contribution in [0, 0.1) is 11.3 Å². The van der Waals surface area contributed by atoms with E-state index in [1.807, 2.05) is 6.92 Å². The summed E-state index contributed by atoms with van der Waals surface area (Å²) in [7, 11) is 0. The molecule has 2 heterocycles. The van der Waals surface area contributed by atoms with Crippen LogP contribution in [0.5, 0.6) is 0 Å². The highest BCUT2D eigenvalue weighted by Crippen LogP contribution is 2.37. The average Bonchev–Trinajstić information content (AvgIpc) is 3.25. The minimum atomic E-state index is -0.201. The van der Waals surface area contributed by atoms with Crippen LogP contribution in [0.1, 0.15) is 49.4 Å². The predicted octanol–water partition coefficient (Wildman–Crippen LogP) is 1.80. The van der Waals surface area contributed by atoms with E-state index in [-0.39, 0.29) is 35.8 Å². The predicted molar refractivity (Wildman–Crippen MR) is 88.3 cm³/mol. The molecule has 2 aliphatic rings. The fourth-order valence-electron chi connectivity index (χ4n) is 3.87. The Kier molecular flexibility index (Phi) is 4.94. The largest absolute Gasteiger partial charge is 0.472 e. The van der Waals surface area contributed by atoms with Crippen molar-refractivity contribution in [3.8, 4) is 0 Å². The van der Waals surface area contributed by atoms with E-state index in [4.69, 9.17) is 4.42 Å². The van der Waals surface area contributed by atoms with E-state index in [1.54, 1.807) is 11.0 Å². The minimum absolute atomic E-state index is 0.0359. The lowest BCUT2D eigenvalue weighted by Gasteiger charge is -2.34. The van der Waals surface area contributed by atoms with Crippen molar-refractivity contribution in [2.45, 2.75) is 45.1 Å². The normalized spacial score (nSPS) is 28.1. The molecule has 1 aliphatic heterocycles. The molecule has 0 bridgehead atoms. The number of hydrogen-bond acceptors (Lipinski definition) is 4. The highest BCUT2D eigenvalue weighted by molar-refractivity contribution is 5.94. The quantitative estimate of drug-likeness (QED) is 0.879. The van der Waals surface area contributed by atoms with Gasteiger partial charge in [-0.15, -0.1) is 0 Å². The third-order valence-corrected chi connectivity index (χ3v) is 5.68. The number of rotatable bonds is 4. The summed E-state index contributed by atoms with van der Waals surface area (Å²) in [5.41, 5.74) is 0.357. The summed E-state index contributed by atoms with van der Waals surface area (Å²) in [6, 6.07) is 1.72. The second-order valence-electron chi connectivity index (χ2n) is 7.34. The topological polar surface area (TPSA) is 82.8 Å². The highest BCUT2D eigenvalue weighted by atomic mass is 16.3. The zero-order chi connectivity index (χ0) is 17.2. The lowest BCUT2D eigenvalue weighted by molar-refractivity contribution is -0.127. The van der Waals surface area contributed by atoms with E-state index >= 15 is 0 Å². The highest BCUT2D eigenvalue weighted by Gasteiger charge is 2.40. The molecule has 2 N–H and O–H groups in total. The molecule has 1 saturated heterocycles. The van der Waals surface area contributed by atoms with Gasteiger partial charge in [-0.1, -0.05) is 13.3 Å². The lowest BCUT2D eigenvalue weighted by Crippen LogP contribution is -2.49. The number of furan rings is 1. The van der Waals surface area contributed by atoms with Crippen molar-refractivity contribution in [3.05, 3.63) is 24.2 Å². The monoisotopic (exact) mass is 334 g/mol. The summed E-state index contributed by atoms with van der Waals surface area (Å²) in [5.74, 6) is -0.0230. The molecule has 1 aromatic heterocycles. The molecule has 2 atom stereocenters. The van der Waals surface area contributed by atoms with Crippen LogP contribution in [0.4, 0.5) is 0 Å². The van der Waals surface area contributed by atoms with Crippen LogP contribution in [-0.4, -0.2) is 47.6 Å². The van der Waals surface area contributed by atoms with Gasteiger partial charge >= 0.3 is 0 Å². The third kappa shape index (κ3) is 3.34. The van der Waals surface area contributed by atoms with Crippen LogP contribution in [0.3, 0.4) is 0 Å². The van der Waals surface area contributed by atoms with Crippen LogP contribution in [0.25, 0.3) is 0 Å². The van der Waals surface area contributed by atoms with E-state index < -0.39 is 0 Å². The van der Waals surface area contributed by atoms with E-state index in [0.29, 0.717) is 31.5 Å². The van der Waals surface area contributed by atoms with Gasteiger partial charge in [-0.25, -0.2) is 0 Å². The zero-order valence-corrected chi connectivity index (χ0v) is 14.2. The summed E-state index contributed by atoms with van der Waals surface area (Å²) in [4.78, 5) is 26.6. The first-order chi connectivity index (χ1) is 11.5. The van der Waals surface area contributed by atoms with Gasteiger partial charge in [0.2, 0.25) is 5.91 Å². The van der Waals surface area contributed by atoms with Crippen molar-refractivity contribution in [2.24, 2.45) is 11.3 Å². The number of carbonyl (C=O) groups is 2. The lowest BCUT2D eigenvalue weighted by atomic mass is 9.85. The Balaban J connectivity index is 1.51. The molecule has 6 heteroatoms. The van der Waals surface area contributed by atoms with Gasteiger partial charge < -0.3 is 19.7 Å². The number of hydrogen-bond donors (Lipinski definition) is 2. The zero-order valence-electron chi connectivity index (χ0n) is 14.2. The fourth-order valence-corrected chi connectivity index (χ4v) is 3.87. The van der Waals surface area contributed by atoms with Gasteiger partial charge in [0.25, 0.3) is 5.91 Å². The molecule has 1 aromatic rings. The molecule has 2 amide bonds. The van der Waals surface area contributed by atoms with Crippen LogP contribution in [0.15, 0.2) is 23.0 Å². The molecule has 0 aromatic carbocycles. The number of piperidine rings is 1. The Morgan fingerprint density at radius 3 is 2.75 bits per heavy atom. The van der Waals surface area contributed by atoms with Gasteiger partial charge in [-0.2, -0.15) is 0 Å². The molecule has 3 rings (SSSR count). The summed E-state index contributed by atoms with van der Waals surface area (Å²) in [6.45, 7) is 3.32. The van der Waals surface area contributed by atoms with Crippen molar-refractivity contribution in [1.29, 1.82) is 0 Å². The van der Waals surface area contributed by atoms with Gasteiger partial charge in [-0.05, 0) is 31.7 Å². The van der Waals surface area contributed by atoms with E-state index in [1.165, 1.54) is 12.5 Å². The smallest absolute Gasteiger partial charge is 0.257 e. The number of nitrogens with zero attached hydrogens (tertiary/aromatic N) is 1. The van der Waals surface area contributed by atoms with E-state index in [0.717, 1.165) is 19.3 Å². The average molecular weight is 334 g/mol. The number of aliphatic hydroxyl groups is 1. The first kappa shape index (κ1) is 17.0. The first-order valence-electron chi connectivity index (χ1n) is 8.76. The van der Waals surface area contributed by atoms with Crippen molar-refractivity contribution in [2.75, 3.05) is 19.7 Å². The summed E-state index contributed by atoms with van der Waals surface area (Å²) < 4.78 is 4.96. The Labute approximate surface area is 142 Å². The van der Waals surface area contributed by atoms with Gasteiger partial charge in [0.15, 0.2) is 0 Å². The molecule has 132 valence electrons. The Bertz CT molecular complexity index is 578. The molecule has 0 spiro atoms. The number of nitrogens with one attached hydrogen (secondary N) is 1. The van der Waals surface area contributed by atoms with Crippen LogP contribution in [-0.2, 0) is 4.79 Å². The Morgan fingerprint density at radius 1 is 1.38 bits per heavy atom. The maximum atomic E-state index is 12.6. The van der Waals surface area contributed by atoms with Crippen molar-refractivity contribution < 1.29 is 19.1 Å². The van der Waals surface area contributed by atoms with Gasteiger partial charge in [0.1, 0.15) is 6.26 Å². The molecule has 1 aliphatic carbocycles. The maximum Gasteiger partial charge on any atom is 0.257 e. The number of amides is 2. The Hall–Kier alpha value is -1.82. The SMILES string of the molecule is CC1(CO)CCCC1NC(=O)C1CCN(C(=O)c2ccoc2)CC1. The maximum absolute atomic E-state index is 12.6. The minimum Gasteiger partial charge on any atom is -0.472 e. The molecule has 0 radical (unpaired) electrons. The van der Waals surface area contributed by atoms with Crippen molar-refractivity contribution >= 4 is 11.8 Å². The van der Waals surface area contributed by atoms with Gasteiger partial charge in [0.05, 0.1) is 18.4 Å². The van der Waals surface area contributed by atoms with Crippen molar-refractivity contribution in [1.82, 2.24) is 10.2 Å². The number of aliphatic hydroxyl groups excluding tert-OH is 1. The second-order valence-corrected chi connectivity index (χ2v) is 7.34. The summed E-state index contributed by atoms with van der Waals surface area (Å²) in [5, 5.41) is 12.7. The van der Waals surface area contributed by atoms with Crippen molar-refractivity contribution in [3.63, 3.8) is 0 Å². The van der Waals surface area contributed by atoms with E-state index in [9.17, 15) is 14.7 Å². The first-order valence-corrected chi connectivity index (χ1v) is 8.76. The van der Waals surface area contributed by atoms with Gasteiger partial charge in [0, 0.05) is 30.5 Å². The van der Waals surface area contributed by atoms with Crippen LogP contribution in [0.2, 0.25) is 0 Å². The summed E-state index contributed by atoms with van der Waals surface area (Å²) >= 11 is 0. The van der Waals surface area contributed by atoms with Crippen LogP contribution >= 0.6 is 0 Å². The second kappa shape index (κ2) is 6.97. The molecular weight excluding hydrogens is 308 g/mol. The fraction of sp³-hybridized carbons (Fsp3) is 0.667. The summed E-state index contributed by atoms with van der Waals surface area (Å²) in [6.07, 6.45) is 7.23. The molecule has 24 heavy (non-hydrogen) atoms. The Morgan fingerprint density at radius 2 is 2.12 bits per heavy atom. The standard InChI is InChI=1S/C18H26N2O4/c1-18(12-21)7-2-3-15(18)19-16(22)13-4-8-20(9-5-13)17(23)14-6-10-24-11-14/h6,10-11,13,15,21H,2-5,7-9,12H2,1H3,(H,19,22). The number of carbonyl (C=O) groups excluding carboxylic acids is 2. The van der Waals surface area contributed by atoms with E-state index in [2.05, 4.69) is 5.32 Å². The molecular formula is C18H26N2O4. The molecule has 1 saturated carbocycles. The molecule has 6 nitrogen and oxygen atoms in total. The molecule has 2 unspecified atom stereocenters. The number of likely N-dealkylation sites (tertiary alicyclic amines) is 1. The van der Waals surface area contributed by atoms with Crippen LogP contribution < -0.4 is 5.32 Å². The molecule has 2 fully saturated rings. The third-order valence-electron chi connectivity index (χ3n) is 5.68.